The Kier molecular flexibility index (Phi) is 10.6. The summed E-state index contributed by atoms with van der Waals surface area (Å²) in [5.41, 5.74) is 0.922. The van der Waals surface area contributed by atoms with Gasteiger partial charge in [0.25, 0.3) is 5.91 Å². The molecule has 0 aliphatic carbocycles. The first-order chi connectivity index (χ1) is 9.69. The van der Waals surface area contributed by atoms with Crippen molar-refractivity contribution in [3.8, 4) is 0 Å². The van der Waals surface area contributed by atoms with E-state index in [4.69, 9.17) is 5.11 Å². The molecule has 0 bridgehead atoms. The van der Waals surface area contributed by atoms with Gasteiger partial charge in [0.15, 0.2) is 0 Å². The number of carbonyl (C=O) groups is 1. The zero-order valence-corrected chi connectivity index (χ0v) is 11.9. The summed E-state index contributed by atoms with van der Waals surface area (Å²) in [6, 6.07) is 0. The molecule has 0 saturated carbocycles. The Hall–Kier alpha value is -2.20. The number of aliphatic hydroxyl groups excluding tert-OH is 1. The number of rotatable bonds is 9. The highest BCUT2D eigenvalue weighted by atomic mass is 16.2. The standard InChI is InChI=1S/C16H22N2O2/c1-4-8-15(9-6-7-14-19)10-11-16(20)18(5-2)13-12-17-3/h4-8,10-12,19H,1-2,9,13-14H2,3H3/b7-6-,11-10+,15-8+,17-12-. The van der Waals surface area contributed by atoms with Crippen molar-refractivity contribution < 1.29 is 9.90 Å². The summed E-state index contributed by atoms with van der Waals surface area (Å²) in [5.74, 6) is -0.166. The lowest BCUT2D eigenvalue weighted by Gasteiger charge is -2.12. The Labute approximate surface area is 120 Å². The molecule has 4 heteroatoms. The summed E-state index contributed by atoms with van der Waals surface area (Å²) in [7, 11) is 1.65. The second-order valence-corrected chi connectivity index (χ2v) is 3.78. The molecule has 0 aromatic rings. The minimum absolute atomic E-state index is 0.00457. The molecule has 0 aliphatic rings. The van der Waals surface area contributed by atoms with Gasteiger partial charge >= 0.3 is 0 Å². The molecule has 0 radical (unpaired) electrons. The molecule has 108 valence electrons. The maximum Gasteiger partial charge on any atom is 0.250 e. The first kappa shape index (κ1) is 17.8. The van der Waals surface area contributed by atoms with Crippen molar-refractivity contribution >= 4 is 12.1 Å². The first-order valence-electron chi connectivity index (χ1n) is 6.28. The summed E-state index contributed by atoms with van der Waals surface area (Å²) in [6.07, 6.45) is 13.9. The average Bonchev–Trinajstić information content (AvgIpc) is 2.45. The van der Waals surface area contributed by atoms with E-state index in [0.29, 0.717) is 13.0 Å². The number of aliphatic imine (C=N–C) groups is 1. The van der Waals surface area contributed by atoms with Crippen LogP contribution < -0.4 is 0 Å². The van der Waals surface area contributed by atoms with Crippen LogP contribution >= 0.6 is 0 Å². The topological polar surface area (TPSA) is 52.9 Å². The van der Waals surface area contributed by atoms with E-state index in [1.54, 1.807) is 31.5 Å². The maximum absolute atomic E-state index is 11.9. The van der Waals surface area contributed by atoms with Crippen LogP contribution in [0.1, 0.15) is 6.42 Å². The highest BCUT2D eigenvalue weighted by molar-refractivity contribution is 5.90. The van der Waals surface area contributed by atoms with Gasteiger partial charge in [0.2, 0.25) is 0 Å². The fourth-order valence-corrected chi connectivity index (χ4v) is 1.34. The highest BCUT2D eigenvalue weighted by Gasteiger charge is 2.04. The van der Waals surface area contributed by atoms with Crippen LogP contribution in [0.4, 0.5) is 0 Å². The van der Waals surface area contributed by atoms with Crippen LogP contribution in [0.25, 0.3) is 0 Å². The van der Waals surface area contributed by atoms with E-state index >= 15 is 0 Å². The molecule has 4 nitrogen and oxygen atoms in total. The minimum atomic E-state index is -0.166. The number of amides is 1. The summed E-state index contributed by atoms with van der Waals surface area (Å²) < 4.78 is 0. The molecule has 20 heavy (non-hydrogen) atoms. The van der Waals surface area contributed by atoms with Crippen molar-refractivity contribution in [2.45, 2.75) is 6.42 Å². The number of aliphatic hydroxyl groups is 1. The predicted octanol–water partition coefficient (Wildman–Crippen LogP) is 2.27. The molecule has 0 aromatic heterocycles. The van der Waals surface area contributed by atoms with Gasteiger partial charge in [-0.3, -0.25) is 9.79 Å². The van der Waals surface area contributed by atoms with Crippen LogP contribution in [0.5, 0.6) is 0 Å². The van der Waals surface area contributed by atoms with E-state index in [-0.39, 0.29) is 12.5 Å². The van der Waals surface area contributed by atoms with Crippen molar-refractivity contribution in [3.05, 3.63) is 61.4 Å². The highest BCUT2D eigenvalue weighted by Crippen LogP contribution is 2.06. The van der Waals surface area contributed by atoms with Crippen molar-refractivity contribution in [1.29, 1.82) is 0 Å². The minimum Gasteiger partial charge on any atom is -0.392 e. The van der Waals surface area contributed by atoms with E-state index in [1.165, 1.54) is 17.2 Å². The fraction of sp³-hybridized carbons (Fsp3) is 0.250. The van der Waals surface area contributed by atoms with Gasteiger partial charge in [-0.2, -0.15) is 0 Å². The lowest BCUT2D eigenvalue weighted by molar-refractivity contribution is -0.122. The quantitative estimate of drug-likeness (QED) is 0.303. The van der Waals surface area contributed by atoms with Crippen LogP contribution in [-0.4, -0.2) is 42.3 Å². The van der Waals surface area contributed by atoms with Gasteiger partial charge in [0.05, 0.1) is 13.2 Å². The summed E-state index contributed by atoms with van der Waals surface area (Å²) in [5, 5.41) is 8.69. The van der Waals surface area contributed by atoms with Gasteiger partial charge in [-0.05, 0) is 12.0 Å². The normalized spacial score (nSPS) is 12.4. The molecular formula is C16H22N2O2. The zero-order chi connectivity index (χ0) is 15.2. The van der Waals surface area contributed by atoms with Crippen LogP contribution in [0.2, 0.25) is 0 Å². The van der Waals surface area contributed by atoms with Gasteiger partial charge in [-0.15, -0.1) is 0 Å². The van der Waals surface area contributed by atoms with Gasteiger partial charge in [-0.1, -0.05) is 43.5 Å². The van der Waals surface area contributed by atoms with Gasteiger partial charge in [0, 0.05) is 25.5 Å². The summed E-state index contributed by atoms with van der Waals surface area (Å²) in [6.45, 7) is 7.64. The summed E-state index contributed by atoms with van der Waals surface area (Å²) in [4.78, 5) is 17.2. The maximum atomic E-state index is 11.9. The molecule has 0 atom stereocenters. The lowest BCUT2D eigenvalue weighted by atomic mass is 10.1. The van der Waals surface area contributed by atoms with E-state index < -0.39 is 0 Å². The lowest BCUT2D eigenvalue weighted by Crippen LogP contribution is -2.25. The number of carbonyl (C=O) groups excluding carboxylic acids is 1. The largest absolute Gasteiger partial charge is 0.392 e. The zero-order valence-electron chi connectivity index (χ0n) is 11.9. The smallest absolute Gasteiger partial charge is 0.250 e. The Morgan fingerprint density at radius 3 is 2.60 bits per heavy atom. The molecule has 0 fully saturated rings. The van der Waals surface area contributed by atoms with Crippen LogP contribution in [0.3, 0.4) is 0 Å². The van der Waals surface area contributed by atoms with Gasteiger partial charge in [0.1, 0.15) is 0 Å². The van der Waals surface area contributed by atoms with E-state index in [9.17, 15) is 4.79 Å². The Morgan fingerprint density at radius 2 is 2.05 bits per heavy atom. The molecule has 0 spiro atoms. The molecule has 1 amide bonds. The van der Waals surface area contributed by atoms with Crippen LogP contribution in [0.15, 0.2) is 66.4 Å². The van der Waals surface area contributed by atoms with E-state index in [2.05, 4.69) is 18.2 Å². The van der Waals surface area contributed by atoms with Crippen molar-refractivity contribution in [2.24, 2.45) is 4.99 Å². The SMILES string of the molecule is C=C/C=C(/C=C/C(=O)N(C=C)C/C=N\C)C/C=C\CO. The second kappa shape index (κ2) is 11.9. The molecule has 0 aliphatic heterocycles. The van der Waals surface area contributed by atoms with Crippen molar-refractivity contribution in [2.75, 3.05) is 20.2 Å². The molecule has 0 unspecified atom stereocenters. The second-order valence-electron chi connectivity index (χ2n) is 3.78. The monoisotopic (exact) mass is 274 g/mol. The Bertz CT molecular complexity index is 432. The van der Waals surface area contributed by atoms with Gasteiger partial charge in [-0.25, -0.2) is 0 Å². The number of nitrogens with zero attached hydrogens (tertiary/aromatic N) is 2. The Morgan fingerprint density at radius 1 is 1.30 bits per heavy atom. The molecule has 1 N–H and O–H groups in total. The van der Waals surface area contributed by atoms with Crippen molar-refractivity contribution in [3.63, 3.8) is 0 Å². The number of hydrogen-bond donors (Lipinski definition) is 1. The molecule has 0 rings (SSSR count). The average molecular weight is 274 g/mol. The first-order valence-corrected chi connectivity index (χ1v) is 6.28. The molecular weight excluding hydrogens is 252 g/mol. The third kappa shape index (κ3) is 8.00. The van der Waals surface area contributed by atoms with E-state index in [0.717, 1.165) is 5.57 Å². The molecule has 0 saturated heterocycles. The molecule has 0 heterocycles. The van der Waals surface area contributed by atoms with Crippen LogP contribution in [0, 0.1) is 0 Å². The third-order valence-corrected chi connectivity index (χ3v) is 2.36. The predicted molar refractivity (Wildman–Crippen MR) is 84.6 cm³/mol. The third-order valence-electron chi connectivity index (χ3n) is 2.36. The van der Waals surface area contributed by atoms with Crippen LogP contribution in [-0.2, 0) is 4.79 Å². The van der Waals surface area contributed by atoms with Crippen molar-refractivity contribution in [1.82, 2.24) is 4.90 Å². The summed E-state index contributed by atoms with van der Waals surface area (Å²) >= 11 is 0. The number of allylic oxidation sites excluding steroid dienone is 5. The number of hydrogen-bond acceptors (Lipinski definition) is 3. The van der Waals surface area contributed by atoms with Gasteiger partial charge < -0.3 is 10.0 Å². The molecule has 0 aromatic carbocycles. The van der Waals surface area contributed by atoms with E-state index in [1.807, 2.05) is 12.2 Å². The fourth-order valence-electron chi connectivity index (χ4n) is 1.34. The Balaban J connectivity index is 4.71.